The fourth-order valence-corrected chi connectivity index (χ4v) is 2.71. The van der Waals surface area contributed by atoms with Gasteiger partial charge in [0.1, 0.15) is 5.82 Å². The van der Waals surface area contributed by atoms with Gasteiger partial charge in [0.2, 0.25) is 0 Å². The van der Waals surface area contributed by atoms with Crippen molar-refractivity contribution in [3.63, 3.8) is 0 Å². The lowest BCUT2D eigenvalue weighted by atomic mass is 9.93. The van der Waals surface area contributed by atoms with Crippen LogP contribution in [0.5, 0.6) is 0 Å². The van der Waals surface area contributed by atoms with Crippen molar-refractivity contribution < 1.29 is 5.11 Å². The fourth-order valence-electron chi connectivity index (χ4n) is 2.71. The minimum Gasteiger partial charge on any atom is -0.388 e. The third-order valence-corrected chi connectivity index (χ3v) is 3.80. The summed E-state index contributed by atoms with van der Waals surface area (Å²) in [6.45, 7) is 2.22. The maximum Gasteiger partial charge on any atom is 0.129 e. The van der Waals surface area contributed by atoms with Gasteiger partial charge in [-0.3, -0.25) is 0 Å². The molecule has 3 N–H and O–H groups in total. The van der Waals surface area contributed by atoms with Gasteiger partial charge in [0.05, 0.1) is 6.10 Å². The van der Waals surface area contributed by atoms with Crippen LogP contribution < -0.4 is 5.73 Å². The van der Waals surface area contributed by atoms with E-state index in [9.17, 15) is 5.11 Å². The predicted octanol–water partition coefficient (Wildman–Crippen LogP) is 2.52. The summed E-state index contributed by atoms with van der Waals surface area (Å²) in [6.07, 6.45) is 5.89. The zero-order chi connectivity index (χ0) is 11.5. The van der Waals surface area contributed by atoms with E-state index < -0.39 is 6.10 Å². The van der Waals surface area contributed by atoms with E-state index >= 15 is 0 Å². The number of anilines is 1. The summed E-state index contributed by atoms with van der Waals surface area (Å²) in [5.41, 5.74) is 6.58. The van der Waals surface area contributed by atoms with Gasteiger partial charge in [0, 0.05) is 11.8 Å². The second-order valence-electron chi connectivity index (χ2n) is 4.77. The van der Waals surface area contributed by atoms with Crippen molar-refractivity contribution in [2.24, 2.45) is 11.8 Å². The highest BCUT2D eigenvalue weighted by atomic mass is 16.3. The van der Waals surface area contributed by atoms with Gasteiger partial charge in [-0.1, -0.05) is 25.8 Å². The second kappa shape index (κ2) is 4.83. The SMILES string of the molecule is CCC1CCC(C(O)c2cccnc2N)C1. The molecule has 1 fully saturated rings. The maximum atomic E-state index is 10.3. The van der Waals surface area contributed by atoms with Gasteiger partial charge in [-0.25, -0.2) is 4.98 Å². The standard InChI is InChI=1S/C13H20N2O/c1-2-9-5-6-10(8-9)12(16)11-4-3-7-15-13(11)14/h3-4,7,9-10,12,16H,2,5-6,8H2,1H3,(H2,14,15). The van der Waals surface area contributed by atoms with E-state index in [4.69, 9.17) is 5.73 Å². The Morgan fingerprint density at radius 2 is 2.38 bits per heavy atom. The molecule has 3 unspecified atom stereocenters. The van der Waals surface area contributed by atoms with Gasteiger partial charge in [0.15, 0.2) is 0 Å². The second-order valence-corrected chi connectivity index (χ2v) is 4.77. The number of nitrogens with two attached hydrogens (primary N) is 1. The number of hydrogen-bond acceptors (Lipinski definition) is 3. The Balaban J connectivity index is 2.08. The monoisotopic (exact) mass is 220 g/mol. The molecule has 0 spiro atoms. The number of nitrogens with zero attached hydrogens (tertiary/aromatic N) is 1. The molecule has 0 bridgehead atoms. The normalized spacial score (nSPS) is 26.9. The topological polar surface area (TPSA) is 59.1 Å². The molecule has 16 heavy (non-hydrogen) atoms. The Kier molecular flexibility index (Phi) is 3.44. The van der Waals surface area contributed by atoms with E-state index in [1.165, 1.54) is 12.8 Å². The Morgan fingerprint density at radius 3 is 3.00 bits per heavy atom. The quantitative estimate of drug-likeness (QED) is 0.823. The van der Waals surface area contributed by atoms with E-state index in [1.54, 1.807) is 6.20 Å². The van der Waals surface area contributed by atoms with E-state index in [0.29, 0.717) is 11.7 Å². The first-order valence-corrected chi connectivity index (χ1v) is 6.10. The number of rotatable bonds is 3. The summed E-state index contributed by atoms with van der Waals surface area (Å²) in [7, 11) is 0. The summed E-state index contributed by atoms with van der Waals surface area (Å²) >= 11 is 0. The summed E-state index contributed by atoms with van der Waals surface area (Å²) in [4.78, 5) is 4.03. The number of aliphatic hydroxyl groups is 1. The molecule has 0 aromatic carbocycles. The number of nitrogen functional groups attached to an aromatic ring is 1. The first-order valence-electron chi connectivity index (χ1n) is 6.10. The van der Waals surface area contributed by atoms with Gasteiger partial charge in [-0.05, 0) is 30.7 Å². The van der Waals surface area contributed by atoms with Crippen LogP contribution in [0, 0.1) is 11.8 Å². The molecule has 0 saturated heterocycles. The molecular weight excluding hydrogens is 200 g/mol. The van der Waals surface area contributed by atoms with Crippen molar-refractivity contribution in [1.82, 2.24) is 4.98 Å². The molecule has 3 nitrogen and oxygen atoms in total. The van der Waals surface area contributed by atoms with Crippen LogP contribution in [0.25, 0.3) is 0 Å². The third-order valence-electron chi connectivity index (χ3n) is 3.80. The Labute approximate surface area is 96.7 Å². The van der Waals surface area contributed by atoms with Crippen LogP contribution >= 0.6 is 0 Å². The van der Waals surface area contributed by atoms with Crippen molar-refractivity contribution in [2.75, 3.05) is 5.73 Å². The first-order chi connectivity index (χ1) is 7.72. The van der Waals surface area contributed by atoms with E-state index in [0.717, 1.165) is 24.3 Å². The van der Waals surface area contributed by atoms with E-state index in [1.807, 2.05) is 12.1 Å². The van der Waals surface area contributed by atoms with Gasteiger partial charge in [-0.2, -0.15) is 0 Å². The van der Waals surface area contributed by atoms with Gasteiger partial charge in [0.25, 0.3) is 0 Å². The average Bonchev–Trinajstić information content (AvgIpc) is 2.77. The van der Waals surface area contributed by atoms with Gasteiger partial charge in [-0.15, -0.1) is 0 Å². The number of aromatic nitrogens is 1. The molecule has 2 rings (SSSR count). The van der Waals surface area contributed by atoms with Crippen LogP contribution in [-0.2, 0) is 0 Å². The van der Waals surface area contributed by atoms with Crippen LogP contribution in [0.15, 0.2) is 18.3 Å². The van der Waals surface area contributed by atoms with E-state index in [-0.39, 0.29) is 0 Å². The highest BCUT2D eigenvalue weighted by Gasteiger charge is 2.30. The number of aliphatic hydroxyl groups excluding tert-OH is 1. The van der Waals surface area contributed by atoms with Gasteiger partial charge >= 0.3 is 0 Å². The molecule has 1 aliphatic rings. The molecule has 0 aliphatic heterocycles. The van der Waals surface area contributed by atoms with Crippen molar-refractivity contribution >= 4 is 5.82 Å². The first kappa shape index (κ1) is 11.4. The smallest absolute Gasteiger partial charge is 0.129 e. The average molecular weight is 220 g/mol. The zero-order valence-corrected chi connectivity index (χ0v) is 9.76. The largest absolute Gasteiger partial charge is 0.388 e. The minimum absolute atomic E-state index is 0.358. The molecule has 1 aromatic rings. The highest BCUT2D eigenvalue weighted by molar-refractivity contribution is 5.40. The van der Waals surface area contributed by atoms with Gasteiger partial charge < -0.3 is 10.8 Å². The molecule has 1 aliphatic carbocycles. The highest BCUT2D eigenvalue weighted by Crippen LogP contribution is 2.41. The summed E-state index contributed by atoms with van der Waals surface area (Å²) in [6, 6.07) is 3.72. The molecule has 1 heterocycles. The Bertz CT molecular complexity index is 354. The van der Waals surface area contributed by atoms with Crippen LogP contribution in [0.2, 0.25) is 0 Å². The van der Waals surface area contributed by atoms with E-state index in [2.05, 4.69) is 11.9 Å². The molecule has 1 aromatic heterocycles. The van der Waals surface area contributed by atoms with Crippen LogP contribution in [0.3, 0.4) is 0 Å². The lowest BCUT2D eigenvalue weighted by Gasteiger charge is -2.19. The molecule has 3 heteroatoms. The van der Waals surface area contributed by atoms with Crippen molar-refractivity contribution in [3.8, 4) is 0 Å². The summed E-state index contributed by atoms with van der Waals surface area (Å²) in [5, 5.41) is 10.3. The summed E-state index contributed by atoms with van der Waals surface area (Å²) < 4.78 is 0. The molecule has 0 amide bonds. The summed E-state index contributed by atoms with van der Waals surface area (Å²) in [5.74, 6) is 1.60. The molecule has 88 valence electrons. The van der Waals surface area contributed by atoms with Crippen LogP contribution in [0.1, 0.15) is 44.3 Å². The van der Waals surface area contributed by atoms with Crippen LogP contribution in [-0.4, -0.2) is 10.1 Å². The van der Waals surface area contributed by atoms with Crippen molar-refractivity contribution in [1.29, 1.82) is 0 Å². The fraction of sp³-hybridized carbons (Fsp3) is 0.615. The van der Waals surface area contributed by atoms with Crippen molar-refractivity contribution in [2.45, 2.75) is 38.7 Å². The predicted molar refractivity (Wildman–Crippen MR) is 64.7 cm³/mol. The lowest BCUT2D eigenvalue weighted by molar-refractivity contribution is 0.109. The lowest BCUT2D eigenvalue weighted by Crippen LogP contribution is -2.12. The Morgan fingerprint density at radius 1 is 1.56 bits per heavy atom. The Hall–Kier alpha value is -1.09. The van der Waals surface area contributed by atoms with Crippen molar-refractivity contribution in [3.05, 3.63) is 23.9 Å². The molecule has 0 radical (unpaired) electrons. The third kappa shape index (κ3) is 2.19. The number of hydrogen-bond donors (Lipinski definition) is 2. The van der Waals surface area contributed by atoms with Crippen LogP contribution in [0.4, 0.5) is 5.82 Å². The zero-order valence-electron chi connectivity index (χ0n) is 9.76. The minimum atomic E-state index is -0.440. The molecular formula is C13H20N2O. The maximum absolute atomic E-state index is 10.3. The molecule has 3 atom stereocenters. The number of pyridine rings is 1. The molecule has 1 saturated carbocycles.